The van der Waals surface area contributed by atoms with Crippen molar-refractivity contribution in [3.8, 4) is 0 Å². The molecular weight excluding hydrogens is 254 g/mol. The Morgan fingerprint density at radius 1 is 1.35 bits per heavy atom. The normalized spacial score (nSPS) is 10.2. The number of aromatic amines is 1. The summed E-state index contributed by atoms with van der Waals surface area (Å²) in [7, 11) is 5.38. The van der Waals surface area contributed by atoms with Crippen LogP contribution in [0, 0.1) is 0 Å². The van der Waals surface area contributed by atoms with E-state index < -0.39 is 0 Å². The Kier molecular flexibility index (Phi) is 4.30. The van der Waals surface area contributed by atoms with Crippen molar-refractivity contribution in [2.45, 2.75) is 6.54 Å². The van der Waals surface area contributed by atoms with Crippen LogP contribution in [-0.4, -0.2) is 32.2 Å². The van der Waals surface area contributed by atoms with Crippen LogP contribution in [0.4, 0.5) is 11.4 Å². The van der Waals surface area contributed by atoms with E-state index in [0.717, 1.165) is 16.9 Å². The molecule has 2 N–H and O–H groups in total. The summed E-state index contributed by atoms with van der Waals surface area (Å²) in [5, 5.41) is 3.37. The standard InChI is InChI=1S/C15H19N3O2/c1-18(2)14-7-5-4-6-12(14)16-9-11-8-13(17-10-11)15(19)20-3/h4-8,10,16-17H,9H2,1-3H3. The molecule has 0 saturated heterocycles. The Morgan fingerprint density at radius 2 is 2.10 bits per heavy atom. The van der Waals surface area contributed by atoms with Gasteiger partial charge in [-0.05, 0) is 23.8 Å². The molecule has 0 aliphatic heterocycles. The first-order valence-electron chi connectivity index (χ1n) is 6.37. The smallest absolute Gasteiger partial charge is 0.354 e. The largest absolute Gasteiger partial charge is 0.464 e. The lowest BCUT2D eigenvalue weighted by Gasteiger charge is -2.18. The van der Waals surface area contributed by atoms with E-state index in [1.165, 1.54) is 7.11 Å². The van der Waals surface area contributed by atoms with Gasteiger partial charge in [-0.25, -0.2) is 4.79 Å². The quantitative estimate of drug-likeness (QED) is 0.822. The zero-order valence-corrected chi connectivity index (χ0v) is 11.9. The summed E-state index contributed by atoms with van der Waals surface area (Å²) in [5.41, 5.74) is 3.64. The average Bonchev–Trinajstić information content (AvgIpc) is 2.93. The molecule has 0 aliphatic carbocycles. The lowest BCUT2D eigenvalue weighted by Crippen LogP contribution is -2.11. The fraction of sp³-hybridized carbons (Fsp3) is 0.267. The third kappa shape index (κ3) is 3.12. The second kappa shape index (κ2) is 6.14. The van der Waals surface area contributed by atoms with Crippen molar-refractivity contribution in [1.29, 1.82) is 0 Å². The molecule has 0 atom stereocenters. The van der Waals surface area contributed by atoms with Crippen LogP contribution in [0.25, 0.3) is 0 Å². The number of nitrogens with one attached hydrogen (secondary N) is 2. The van der Waals surface area contributed by atoms with Crippen LogP contribution >= 0.6 is 0 Å². The molecule has 2 rings (SSSR count). The topological polar surface area (TPSA) is 57.4 Å². The molecule has 1 aromatic heterocycles. The minimum atomic E-state index is -0.357. The number of para-hydroxylation sites is 2. The average molecular weight is 273 g/mol. The molecule has 0 bridgehead atoms. The summed E-state index contributed by atoms with van der Waals surface area (Å²) in [6.45, 7) is 0.637. The highest BCUT2D eigenvalue weighted by Crippen LogP contribution is 2.24. The molecule has 5 nitrogen and oxygen atoms in total. The number of hydrogen-bond donors (Lipinski definition) is 2. The molecule has 106 valence electrons. The summed E-state index contributed by atoms with van der Waals surface area (Å²) in [6, 6.07) is 9.87. The van der Waals surface area contributed by atoms with Crippen LogP contribution in [0.2, 0.25) is 0 Å². The molecule has 5 heteroatoms. The maximum Gasteiger partial charge on any atom is 0.354 e. The number of ether oxygens (including phenoxy) is 1. The first kappa shape index (κ1) is 14.0. The van der Waals surface area contributed by atoms with Crippen LogP contribution in [0.5, 0.6) is 0 Å². The molecule has 2 aromatic rings. The minimum Gasteiger partial charge on any atom is -0.464 e. The van der Waals surface area contributed by atoms with E-state index in [2.05, 4.69) is 26.0 Å². The number of H-pyrrole nitrogens is 1. The Labute approximate surface area is 118 Å². The summed E-state index contributed by atoms with van der Waals surface area (Å²) in [6.07, 6.45) is 1.80. The van der Waals surface area contributed by atoms with Crippen molar-refractivity contribution >= 4 is 17.3 Å². The van der Waals surface area contributed by atoms with Crippen LogP contribution in [-0.2, 0) is 11.3 Å². The van der Waals surface area contributed by atoms with Gasteiger partial charge in [0.1, 0.15) is 5.69 Å². The van der Waals surface area contributed by atoms with Crippen molar-refractivity contribution in [2.24, 2.45) is 0 Å². The number of esters is 1. The molecule has 1 aromatic carbocycles. The number of nitrogens with zero attached hydrogens (tertiary/aromatic N) is 1. The van der Waals surface area contributed by atoms with Gasteiger partial charge >= 0.3 is 5.97 Å². The van der Waals surface area contributed by atoms with E-state index in [9.17, 15) is 4.79 Å². The lowest BCUT2D eigenvalue weighted by atomic mass is 10.2. The van der Waals surface area contributed by atoms with E-state index in [1.54, 1.807) is 12.3 Å². The van der Waals surface area contributed by atoms with E-state index >= 15 is 0 Å². The molecule has 1 heterocycles. The van der Waals surface area contributed by atoms with Gasteiger partial charge < -0.3 is 19.9 Å². The highest BCUT2D eigenvalue weighted by molar-refractivity contribution is 5.87. The number of rotatable bonds is 5. The second-order valence-corrected chi connectivity index (χ2v) is 4.68. The van der Waals surface area contributed by atoms with Gasteiger partial charge in [0.15, 0.2) is 0 Å². The fourth-order valence-electron chi connectivity index (χ4n) is 1.98. The molecule has 0 amide bonds. The van der Waals surface area contributed by atoms with Gasteiger partial charge in [-0.2, -0.15) is 0 Å². The molecule has 0 unspecified atom stereocenters. The molecule has 0 spiro atoms. The Hall–Kier alpha value is -2.43. The first-order chi connectivity index (χ1) is 9.61. The minimum absolute atomic E-state index is 0.357. The van der Waals surface area contributed by atoms with Crippen LogP contribution < -0.4 is 10.2 Å². The molecule has 0 fully saturated rings. The Morgan fingerprint density at radius 3 is 2.80 bits per heavy atom. The van der Waals surface area contributed by atoms with Gasteiger partial charge in [-0.1, -0.05) is 12.1 Å². The van der Waals surface area contributed by atoms with Gasteiger partial charge in [-0.3, -0.25) is 0 Å². The SMILES string of the molecule is COC(=O)c1cc(CNc2ccccc2N(C)C)c[nH]1. The van der Waals surface area contributed by atoms with Crippen molar-refractivity contribution in [1.82, 2.24) is 4.98 Å². The second-order valence-electron chi connectivity index (χ2n) is 4.68. The maximum atomic E-state index is 11.4. The van der Waals surface area contributed by atoms with Gasteiger partial charge in [0.25, 0.3) is 0 Å². The predicted octanol–water partition coefficient (Wildman–Crippen LogP) is 2.48. The Balaban J connectivity index is 2.06. The highest BCUT2D eigenvalue weighted by atomic mass is 16.5. The summed E-state index contributed by atoms with van der Waals surface area (Å²) in [4.78, 5) is 16.3. The molecule has 0 radical (unpaired) electrons. The van der Waals surface area contributed by atoms with Gasteiger partial charge in [0.2, 0.25) is 0 Å². The molecule has 0 saturated carbocycles. The van der Waals surface area contributed by atoms with E-state index in [-0.39, 0.29) is 5.97 Å². The van der Waals surface area contributed by atoms with Crippen LogP contribution in [0.1, 0.15) is 16.1 Å². The fourth-order valence-corrected chi connectivity index (χ4v) is 1.98. The maximum absolute atomic E-state index is 11.4. The highest BCUT2D eigenvalue weighted by Gasteiger charge is 2.08. The number of carbonyl (C=O) groups excluding carboxylic acids is 1. The van der Waals surface area contributed by atoms with E-state index in [4.69, 9.17) is 0 Å². The number of anilines is 2. The third-order valence-corrected chi connectivity index (χ3v) is 3.02. The monoisotopic (exact) mass is 273 g/mol. The van der Waals surface area contributed by atoms with Crippen molar-refractivity contribution in [2.75, 3.05) is 31.4 Å². The number of methoxy groups -OCH3 is 1. The number of carbonyl (C=O) groups is 1. The van der Waals surface area contributed by atoms with Crippen molar-refractivity contribution in [3.63, 3.8) is 0 Å². The van der Waals surface area contributed by atoms with Crippen molar-refractivity contribution < 1.29 is 9.53 Å². The zero-order chi connectivity index (χ0) is 14.5. The van der Waals surface area contributed by atoms with Crippen molar-refractivity contribution in [3.05, 3.63) is 47.8 Å². The first-order valence-corrected chi connectivity index (χ1v) is 6.37. The predicted molar refractivity (Wildman–Crippen MR) is 80.2 cm³/mol. The Bertz CT molecular complexity index is 590. The third-order valence-electron chi connectivity index (χ3n) is 3.02. The van der Waals surface area contributed by atoms with E-state index in [0.29, 0.717) is 12.2 Å². The van der Waals surface area contributed by atoms with Crippen LogP contribution in [0.3, 0.4) is 0 Å². The number of benzene rings is 1. The summed E-state index contributed by atoms with van der Waals surface area (Å²) >= 11 is 0. The molecular formula is C15H19N3O2. The number of aromatic nitrogens is 1. The van der Waals surface area contributed by atoms with Gasteiger partial charge in [-0.15, -0.1) is 0 Å². The van der Waals surface area contributed by atoms with Gasteiger partial charge in [0.05, 0.1) is 18.5 Å². The summed E-state index contributed by atoms with van der Waals surface area (Å²) in [5.74, 6) is -0.357. The zero-order valence-electron chi connectivity index (χ0n) is 11.9. The van der Waals surface area contributed by atoms with Crippen LogP contribution in [0.15, 0.2) is 36.5 Å². The lowest BCUT2D eigenvalue weighted by molar-refractivity contribution is 0.0595. The van der Waals surface area contributed by atoms with E-state index in [1.807, 2.05) is 32.3 Å². The molecule has 20 heavy (non-hydrogen) atoms. The number of hydrogen-bond acceptors (Lipinski definition) is 4. The molecule has 0 aliphatic rings. The summed E-state index contributed by atoms with van der Waals surface area (Å²) < 4.78 is 4.67. The van der Waals surface area contributed by atoms with Gasteiger partial charge in [0, 0.05) is 26.8 Å².